The Balaban J connectivity index is 2.23. The largest absolute Gasteiger partial charge is 0.488 e. The monoisotopic (exact) mass is 289 g/mol. The lowest BCUT2D eigenvalue weighted by atomic mass is 10.1. The van der Waals surface area contributed by atoms with Gasteiger partial charge in [0.15, 0.2) is 5.78 Å². The highest BCUT2D eigenvalue weighted by atomic mass is 19.1. The number of rotatable bonds is 5. The number of carbonyl (C=O) groups is 1. The van der Waals surface area contributed by atoms with Crippen molar-refractivity contribution in [1.82, 2.24) is 0 Å². The average Bonchev–Trinajstić information content (AvgIpc) is 2.44. The van der Waals surface area contributed by atoms with Gasteiger partial charge in [-0.1, -0.05) is 12.1 Å². The van der Waals surface area contributed by atoms with Crippen molar-refractivity contribution in [3.05, 3.63) is 69.5 Å². The standard InChI is InChI=1S/C15H12FNO4/c1-10(18)14-8-13(17(19)20)5-6-15(14)21-9-11-3-2-4-12(16)7-11/h2-8H,9H2,1H3. The summed E-state index contributed by atoms with van der Waals surface area (Å²) >= 11 is 0. The van der Waals surface area contributed by atoms with Gasteiger partial charge in [-0.15, -0.1) is 0 Å². The molecule has 0 unspecified atom stereocenters. The Hall–Kier alpha value is -2.76. The van der Waals surface area contributed by atoms with Crippen LogP contribution in [0.15, 0.2) is 42.5 Å². The normalized spacial score (nSPS) is 10.2. The van der Waals surface area contributed by atoms with Gasteiger partial charge in [0.1, 0.15) is 18.2 Å². The van der Waals surface area contributed by atoms with Gasteiger partial charge in [-0.05, 0) is 30.7 Å². The van der Waals surface area contributed by atoms with Crippen LogP contribution in [0, 0.1) is 15.9 Å². The first-order valence-corrected chi connectivity index (χ1v) is 6.14. The highest BCUT2D eigenvalue weighted by Crippen LogP contribution is 2.25. The highest BCUT2D eigenvalue weighted by Gasteiger charge is 2.15. The second-order valence-corrected chi connectivity index (χ2v) is 4.41. The van der Waals surface area contributed by atoms with Gasteiger partial charge in [-0.3, -0.25) is 14.9 Å². The quantitative estimate of drug-likeness (QED) is 0.480. The molecule has 0 saturated heterocycles. The van der Waals surface area contributed by atoms with Gasteiger partial charge >= 0.3 is 0 Å². The van der Waals surface area contributed by atoms with Crippen molar-refractivity contribution in [1.29, 1.82) is 0 Å². The fourth-order valence-electron chi connectivity index (χ4n) is 1.82. The molecule has 6 heteroatoms. The van der Waals surface area contributed by atoms with Crippen molar-refractivity contribution in [2.24, 2.45) is 0 Å². The fraction of sp³-hybridized carbons (Fsp3) is 0.133. The van der Waals surface area contributed by atoms with E-state index in [0.29, 0.717) is 5.56 Å². The Bertz CT molecular complexity index is 700. The van der Waals surface area contributed by atoms with Crippen LogP contribution >= 0.6 is 0 Å². The minimum atomic E-state index is -0.581. The Morgan fingerprint density at radius 2 is 2.05 bits per heavy atom. The lowest BCUT2D eigenvalue weighted by Crippen LogP contribution is -2.03. The molecule has 0 atom stereocenters. The van der Waals surface area contributed by atoms with E-state index in [9.17, 15) is 19.3 Å². The van der Waals surface area contributed by atoms with Gasteiger partial charge in [0, 0.05) is 12.1 Å². The third-order valence-corrected chi connectivity index (χ3v) is 2.84. The van der Waals surface area contributed by atoms with Crippen molar-refractivity contribution in [2.45, 2.75) is 13.5 Å². The fourth-order valence-corrected chi connectivity index (χ4v) is 1.82. The predicted molar refractivity (Wildman–Crippen MR) is 73.8 cm³/mol. The molecular weight excluding hydrogens is 277 g/mol. The van der Waals surface area contributed by atoms with Crippen LogP contribution in [0.1, 0.15) is 22.8 Å². The number of ketones is 1. The number of nitro groups is 1. The molecule has 0 radical (unpaired) electrons. The van der Waals surface area contributed by atoms with Crippen molar-refractivity contribution < 1.29 is 18.8 Å². The van der Waals surface area contributed by atoms with Crippen LogP contribution in [0.25, 0.3) is 0 Å². The topological polar surface area (TPSA) is 69.4 Å². The number of hydrogen-bond donors (Lipinski definition) is 0. The first-order chi connectivity index (χ1) is 9.97. The minimum absolute atomic E-state index is 0.0653. The minimum Gasteiger partial charge on any atom is -0.488 e. The first kappa shape index (κ1) is 14.6. The van der Waals surface area contributed by atoms with E-state index in [-0.39, 0.29) is 35.2 Å². The molecule has 5 nitrogen and oxygen atoms in total. The Kier molecular flexibility index (Phi) is 4.27. The summed E-state index contributed by atoms with van der Waals surface area (Å²) in [5.74, 6) is -0.489. The molecule has 0 amide bonds. The van der Waals surface area contributed by atoms with Crippen molar-refractivity contribution in [3.63, 3.8) is 0 Å². The third kappa shape index (κ3) is 3.62. The summed E-state index contributed by atoms with van der Waals surface area (Å²) in [5, 5.41) is 10.7. The zero-order valence-electron chi connectivity index (χ0n) is 11.2. The average molecular weight is 289 g/mol. The Morgan fingerprint density at radius 3 is 2.67 bits per heavy atom. The molecule has 2 aromatic rings. The lowest BCUT2D eigenvalue weighted by molar-refractivity contribution is -0.384. The van der Waals surface area contributed by atoms with Crippen LogP contribution in [0.2, 0.25) is 0 Å². The number of nitro benzene ring substituents is 1. The lowest BCUT2D eigenvalue weighted by Gasteiger charge is -2.09. The second kappa shape index (κ2) is 6.13. The van der Waals surface area contributed by atoms with Crippen LogP contribution < -0.4 is 4.74 Å². The number of carbonyl (C=O) groups excluding carboxylic acids is 1. The molecule has 0 spiro atoms. The SMILES string of the molecule is CC(=O)c1cc([N+](=O)[O-])ccc1OCc1cccc(F)c1. The van der Waals surface area contributed by atoms with Gasteiger partial charge in [0.2, 0.25) is 0 Å². The Morgan fingerprint density at radius 1 is 1.29 bits per heavy atom. The smallest absolute Gasteiger partial charge is 0.270 e. The van der Waals surface area contributed by atoms with Crippen LogP contribution in [0.4, 0.5) is 10.1 Å². The van der Waals surface area contributed by atoms with Crippen LogP contribution in [-0.4, -0.2) is 10.7 Å². The van der Waals surface area contributed by atoms with Crippen molar-refractivity contribution in [2.75, 3.05) is 0 Å². The molecule has 0 aliphatic carbocycles. The molecule has 0 fully saturated rings. The number of nitrogens with zero attached hydrogens (tertiary/aromatic N) is 1. The van der Waals surface area contributed by atoms with Crippen molar-refractivity contribution in [3.8, 4) is 5.75 Å². The number of halogens is 1. The van der Waals surface area contributed by atoms with E-state index in [1.165, 1.54) is 37.3 Å². The van der Waals surface area contributed by atoms with E-state index in [1.54, 1.807) is 12.1 Å². The number of non-ortho nitro benzene ring substituents is 1. The zero-order valence-corrected chi connectivity index (χ0v) is 11.2. The first-order valence-electron chi connectivity index (χ1n) is 6.14. The van der Waals surface area contributed by atoms with E-state index in [2.05, 4.69) is 0 Å². The summed E-state index contributed by atoms with van der Waals surface area (Å²) in [5.41, 5.74) is 0.543. The molecule has 21 heavy (non-hydrogen) atoms. The highest BCUT2D eigenvalue weighted by molar-refractivity contribution is 5.97. The molecule has 2 rings (SSSR count). The number of ether oxygens (including phenoxy) is 1. The van der Waals surface area contributed by atoms with Crippen molar-refractivity contribution >= 4 is 11.5 Å². The van der Waals surface area contributed by atoms with Crippen LogP contribution in [-0.2, 0) is 6.61 Å². The van der Waals surface area contributed by atoms with E-state index in [1.807, 2.05) is 0 Å². The van der Waals surface area contributed by atoms with Gasteiger partial charge < -0.3 is 4.74 Å². The van der Waals surface area contributed by atoms with Gasteiger partial charge in [0.25, 0.3) is 5.69 Å². The van der Waals surface area contributed by atoms with E-state index in [0.717, 1.165) is 0 Å². The molecule has 0 aliphatic rings. The molecule has 2 aromatic carbocycles. The summed E-state index contributed by atoms with van der Waals surface area (Å²) in [4.78, 5) is 21.7. The zero-order chi connectivity index (χ0) is 15.4. The third-order valence-electron chi connectivity index (χ3n) is 2.84. The van der Waals surface area contributed by atoms with Crippen LogP contribution in [0.5, 0.6) is 5.75 Å². The number of benzene rings is 2. The molecule has 0 bridgehead atoms. The molecule has 0 saturated carbocycles. The van der Waals surface area contributed by atoms with E-state index in [4.69, 9.17) is 4.74 Å². The molecule has 0 aromatic heterocycles. The van der Waals surface area contributed by atoms with Gasteiger partial charge in [0.05, 0.1) is 10.5 Å². The second-order valence-electron chi connectivity index (χ2n) is 4.41. The van der Waals surface area contributed by atoms with E-state index >= 15 is 0 Å². The van der Waals surface area contributed by atoms with Gasteiger partial charge in [-0.25, -0.2) is 4.39 Å². The molecule has 0 N–H and O–H groups in total. The maximum atomic E-state index is 13.1. The van der Waals surface area contributed by atoms with Gasteiger partial charge in [-0.2, -0.15) is 0 Å². The van der Waals surface area contributed by atoms with E-state index < -0.39 is 4.92 Å². The number of hydrogen-bond acceptors (Lipinski definition) is 4. The summed E-state index contributed by atoms with van der Waals surface area (Å²) in [7, 11) is 0. The summed E-state index contributed by atoms with van der Waals surface area (Å²) in [6.45, 7) is 1.37. The Labute approximate surface area is 120 Å². The predicted octanol–water partition coefficient (Wildman–Crippen LogP) is 3.52. The molecular formula is C15H12FNO4. The summed E-state index contributed by atoms with van der Waals surface area (Å²) < 4.78 is 18.5. The maximum absolute atomic E-state index is 13.1. The summed E-state index contributed by atoms with van der Waals surface area (Å²) in [6, 6.07) is 9.66. The molecule has 0 aliphatic heterocycles. The summed E-state index contributed by atoms with van der Waals surface area (Å²) in [6.07, 6.45) is 0. The maximum Gasteiger partial charge on any atom is 0.270 e. The molecule has 108 valence electrons. The van der Waals surface area contributed by atoms with Crippen LogP contribution in [0.3, 0.4) is 0 Å². The number of Topliss-reactive ketones (excluding diaryl/α,β-unsaturated/α-hetero) is 1. The molecule has 0 heterocycles.